The molecule has 0 spiro atoms. The molecule has 4 atom stereocenters. The number of fused-ring (bicyclic) bond motifs is 1. The molecule has 0 saturated carbocycles. The number of nitrogens with zero attached hydrogens (tertiary/aromatic N) is 1. The van der Waals surface area contributed by atoms with Crippen LogP contribution in [0.15, 0.2) is 60.7 Å². The Labute approximate surface area is 230 Å². The Morgan fingerprint density at radius 2 is 1.77 bits per heavy atom. The number of benzene rings is 2. The highest BCUT2D eigenvalue weighted by molar-refractivity contribution is 5.93. The normalized spacial score (nSPS) is 22.5. The summed E-state index contributed by atoms with van der Waals surface area (Å²) in [6.07, 6.45) is 4.69. The number of carbonyl (C=O) groups excluding carboxylic acids is 3. The largest absolute Gasteiger partial charge is 0.492 e. The van der Waals surface area contributed by atoms with E-state index < -0.39 is 30.6 Å². The standard InChI is InChI=1S/C30H40N4O5/c1-4-21(2)27-30(38)34(3)25(20-35)29(37)33-24(19-22-11-6-5-7-12-22)28(36)32-16-10-14-23-13-8-9-15-26(23)39-18-17-31-27/h5-15,21,24-25,27,31,35H,4,16-20H2,1-3H3,(H,32,36)(H,33,37)/t21?,24-,25+,27+/m1/s1. The van der Waals surface area contributed by atoms with E-state index >= 15 is 0 Å². The third kappa shape index (κ3) is 8.40. The van der Waals surface area contributed by atoms with Crippen molar-refractivity contribution in [1.29, 1.82) is 0 Å². The molecule has 0 saturated heterocycles. The fraction of sp³-hybridized carbons (Fsp3) is 0.433. The number of carbonyl (C=O) groups is 3. The molecule has 9 nitrogen and oxygen atoms in total. The Bertz CT molecular complexity index is 1120. The molecule has 39 heavy (non-hydrogen) atoms. The number of likely N-dealkylation sites (N-methyl/N-ethyl adjacent to an activating group) is 1. The Balaban J connectivity index is 1.92. The van der Waals surface area contributed by atoms with Crippen LogP contribution in [-0.2, 0) is 20.8 Å². The lowest BCUT2D eigenvalue weighted by Gasteiger charge is -2.33. The van der Waals surface area contributed by atoms with Crippen LogP contribution in [0.5, 0.6) is 5.75 Å². The first-order chi connectivity index (χ1) is 18.8. The third-order valence-electron chi connectivity index (χ3n) is 7.02. The monoisotopic (exact) mass is 536 g/mol. The van der Waals surface area contributed by atoms with Gasteiger partial charge in [-0.2, -0.15) is 0 Å². The zero-order valence-corrected chi connectivity index (χ0v) is 22.9. The first kappa shape index (κ1) is 29.9. The van der Waals surface area contributed by atoms with E-state index in [4.69, 9.17) is 4.74 Å². The van der Waals surface area contributed by atoms with Gasteiger partial charge in [0.05, 0.1) is 12.6 Å². The number of hydrogen-bond donors (Lipinski definition) is 4. The summed E-state index contributed by atoms with van der Waals surface area (Å²) in [4.78, 5) is 41.3. The van der Waals surface area contributed by atoms with E-state index in [0.29, 0.717) is 18.9 Å². The highest BCUT2D eigenvalue weighted by Crippen LogP contribution is 2.19. The van der Waals surface area contributed by atoms with Gasteiger partial charge in [-0.25, -0.2) is 0 Å². The van der Waals surface area contributed by atoms with Gasteiger partial charge in [0.25, 0.3) is 0 Å². The molecule has 1 unspecified atom stereocenters. The molecule has 0 radical (unpaired) electrons. The molecule has 0 aliphatic carbocycles. The second-order valence-corrected chi connectivity index (χ2v) is 9.75. The summed E-state index contributed by atoms with van der Waals surface area (Å²) in [5, 5.41) is 19.0. The lowest BCUT2D eigenvalue weighted by molar-refractivity contribution is -0.143. The molecular formula is C30H40N4O5. The maximum Gasteiger partial charge on any atom is 0.245 e. The van der Waals surface area contributed by atoms with E-state index in [-0.39, 0.29) is 30.7 Å². The molecule has 1 aliphatic rings. The zero-order valence-electron chi connectivity index (χ0n) is 22.9. The van der Waals surface area contributed by atoms with Crippen LogP contribution in [0.1, 0.15) is 31.4 Å². The summed E-state index contributed by atoms with van der Waals surface area (Å²) in [5.74, 6) is -0.610. The predicted octanol–water partition coefficient (Wildman–Crippen LogP) is 1.76. The summed E-state index contributed by atoms with van der Waals surface area (Å²) in [6, 6.07) is 14.3. The number of aliphatic hydroxyl groups excluding tert-OH is 1. The quantitative estimate of drug-likeness (QED) is 0.462. The first-order valence-corrected chi connectivity index (χ1v) is 13.5. The molecule has 0 fully saturated rings. The van der Waals surface area contributed by atoms with Crippen LogP contribution < -0.4 is 20.7 Å². The molecule has 1 aliphatic heterocycles. The average molecular weight is 537 g/mol. The van der Waals surface area contributed by atoms with Crippen LogP contribution in [0.25, 0.3) is 6.08 Å². The fourth-order valence-corrected chi connectivity index (χ4v) is 4.44. The number of aliphatic hydroxyl groups is 1. The molecule has 3 amide bonds. The predicted molar refractivity (Wildman–Crippen MR) is 151 cm³/mol. The highest BCUT2D eigenvalue weighted by atomic mass is 16.5. The second-order valence-electron chi connectivity index (χ2n) is 9.75. The van der Waals surface area contributed by atoms with Gasteiger partial charge in [-0.15, -0.1) is 0 Å². The van der Waals surface area contributed by atoms with Gasteiger partial charge < -0.3 is 30.7 Å². The molecule has 2 aromatic rings. The van der Waals surface area contributed by atoms with Crippen molar-refractivity contribution in [2.75, 3.05) is 33.4 Å². The Hall–Kier alpha value is -3.69. The van der Waals surface area contributed by atoms with Crippen molar-refractivity contribution in [3.8, 4) is 5.75 Å². The lowest BCUT2D eigenvalue weighted by atomic mass is 9.97. The zero-order chi connectivity index (χ0) is 28.2. The van der Waals surface area contributed by atoms with Gasteiger partial charge in [-0.05, 0) is 17.5 Å². The second kappa shape index (κ2) is 15.0. The maximum atomic E-state index is 13.5. The van der Waals surface area contributed by atoms with Gasteiger partial charge in [0, 0.05) is 32.1 Å². The number of ether oxygens (including phenoxy) is 1. The molecule has 3 rings (SSSR count). The summed E-state index contributed by atoms with van der Waals surface area (Å²) >= 11 is 0. The van der Waals surface area contributed by atoms with Gasteiger partial charge in [0.2, 0.25) is 17.7 Å². The molecule has 2 aromatic carbocycles. The van der Waals surface area contributed by atoms with Crippen LogP contribution in [0.2, 0.25) is 0 Å². The van der Waals surface area contributed by atoms with E-state index in [1.165, 1.54) is 11.9 Å². The Morgan fingerprint density at radius 3 is 2.49 bits per heavy atom. The molecule has 9 heteroatoms. The van der Waals surface area contributed by atoms with Gasteiger partial charge >= 0.3 is 0 Å². The van der Waals surface area contributed by atoms with Crippen LogP contribution in [0.3, 0.4) is 0 Å². The smallest absolute Gasteiger partial charge is 0.245 e. The number of amides is 3. The summed E-state index contributed by atoms with van der Waals surface area (Å²) < 4.78 is 5.99. The molecule has 0 aromatic heterocycles. The van der Waals surface area contributed by atoms with Crippen molar-refractivity contribution < 1.29 is 24.2 Å². The minimum atomic E-state index is -1.15. The van der Waals surface area contributed by atoms with E-state index in [1.807, 2.05) is 80.6 Å². The summed E-state index contributed by atoms with van der Waals surface area (Å²) in [5.41, 5.74) is 1.73. The third-order valence-corrected chi connectivity index (χ3v) is 7.02. The van der Waals surface area contributed by atoms with Crippen LogP contribution in [-0.4, -0.2) is 79.2 Å². The number of hydrogen-bond acceptors (Lipinski definition) is 6. The molecule has 0 bridgehead atoms. The number of para-hydroxylation sites is 1. The Kier molecular flexibility index (Phi) is 11.5. The first-order valence-electron chi connectivity index (χ1n) is 13.5. The average Bonchev–Trinajstić information content (AvgIpc) is 2.95. The van der Waals surface area contributed by atoms with Crippen molar-refractivity contribution in [3.05, 3.63) is 71.8 Å². The number of nitrogens with one attached hydrogen (secondary N) is 3. The van der Waals surface area contributed by atoms with Crippen LogP contribution in [0, 0.1) is 5.92 Å². The molecule has 210 valence electrons. The van der Waals surface area contributed by atoms with Gasteiger partial charge in [0.15, 0.2) is 0 Å². The van der Waals surface area contributed by atoms with Crippen molar-refractivity contribution in [2.45, 2.75) is 44.8 Å². The minimum Gasteiger partial charge on any atom is -0.492 e. The fourth-order valence-electron chi connectivity index (χ4n) is 4.44. The highest BCUT2D eigenvalue weighted by Gasteiger charge is 2.34. The van der Waals surface area contributed by atoms with E-state index in [0.717, 1.165) is 17.5 Å². The Morgan fingerprint density at radius 1 is 1.05 bits per heavy atom. The molecular weight excluding hydrogens is 496 g/mol. The van der Waals surface area contributed by atoms with Crippen molar-refractivity contribution in [2.24, 2.45) is 5.92 Å². The van der Waals surface area contributed by atoms with E-state index in [2.05, 4.69) is 16.0 Å². The van der Waals surface area contributed by atoms with E-state index in [9.17, 15) is 19.5 Å². The van der Waals surface area contributed by atoms with E-state index in [1.54, 1.807) is 0 Å². The number of rotatable bonds is 5. The van der Waals surface area contributed by atoms with Crippen LogP contribution >= 0.6 is 0 Å². The lowest BCUT2D eigenvalue weighted by Crippen LogP contribution is -2.59. The van der Waals surface area contributed by atoms with Gasteiger partial charge in [-0.1, -0.05) is 81.0 Å². The maximum absolute atomic E-state index is 13.5. The SMILES string of the molecule is CCC(C)[C@@H]1NCCOc2ccccc2C=CCNC(=O)[C@@H](Cc2ccccc2)NC(=O)[C@H](CO)N(C)C1=O. The molecule has 1 heterocycles. The summed E-state index contributed by atoms with van der Waals surface area (Å²) in [6.45, 7) is 4.37. The van der Waals surface area contributed by atoms with Crippen molar-refractivity contribution >= 4 is 23.8 Å². The topological polar surface area (TPSA) is 120 Å². The molecule has 4 N–H and O–H groups in total. The minimum absolute atomic E-state index is 0.0280. The summed E-state index contributed by atoms with van der Waals surface area (Å²) in [7, 11) is 1.50. The van der Waals surface area contributed by atoms with Gasteiger partial charge in [0.1, 0.15) is 24.4 Å². The van der Waals surface area contributed by atoms with Crippen LogP contribution in [0.4, 0.5) is 0 Å². The van der Waals surface area contributed by atoms with Gasteiger partial charge in [-0.3, -0.25) is 14.4 Å². The van der Waals surface area contributed by atoms with Crippen molar-refractivity contribution in [3.63, 3.8) is 0 Å². The van der Waals surface area contributed by atoms with Crippen molar-refractivity contribution in [1.82, 2.24) is 20.9 Å².